The standard InChI is InChI=1S/C48H35N/c1-5-17-36(18-6-1)40-23-15-24-41(35-40)37-31-33-43(34-32-37)49(42-25-11-4-12-26-42)47-30-16-29-45(39-21-9-3-10-22-39)48(47)46-28-14-13-27-44(46)38-19-7-2-8-20-38/h1-35H. The van der Waals surface area contributed by atoms with E-state index in [4.69, 9.17) is 0 Å². The van der Waals surface area contributed by atoms with Gasteiger partial charge in [-0.25, -0.2) is 0 Å². The van der Waals surface area contributed by atoms with E-state index in [1.807, 2.05) is 0 Å². The predicted molar refractivity (Wildman–Crippen MR) is 208 cm³/mol. The molecule has 0 atom stereocenters. The molecule has 0 aliphatic rings. The van der Waals surface area contributed by atoms with Crippen LogP contribution in [0.25, 0.3) is 55.6 Å². The Morgan fingerprint density at radius 3 is 1.27 bits per heavy atom. The first-order valence-corrected chi connectivity index (χ1v) is 16.8. The third-order valence-corrected chi connectivity index (χ3v) is 9.09. The molecule has 0 saturated heterocycles. The maximum atomic E-state index is 2.40. The molecule has 0 unspecified atom stereocenters. The summed E-state index contributed by atoms with van der Waals surface area (Å²) >= 11 is 0. The van der Waals surface area contributed by atoms with E-state index in [1.165, 1.54) is 55.6 Å². The number of hydrogen-bond donors (Lipinski definition) is 0. The molecule has 0 N–H and O–H groups in total. The van der Waals surface area contributed by atoms with Gasteiger partial charge in [0.05, 0.1) is 5.69 Å². The summed E-state index contributed by atoms with van der Waals surface area (Å²) in [5.41, 5.74) is 15.3. The van der Waals surface area contributed by atoms with Crippen LogP contribution in [0.3, 0.4) is 0 Å². The van der Waals surface area contributed by atoms with Crippen LogP contribution in [0.4, 0.5) is 17.1 Å². The molecule has 0 radical (unpaired) electrons. The Balaban J connectivity index is 1.31. The lowest BCUT2D eigenvalue weighted by molar-refractivity contribution is 1.28. The zero-order valence-corrected chi connectivity index (χ0v) is 27.2. The van der Waals surface area contributed by atoms with Gasteiger partial charge in [-0.15, -0.1) is 0 Å². The molecular weight excluding hydrogens is 591 g/mol. The number of rotatable bonds is 8. The first kappa shape index (κ1) is 29.9. The molecule has 8 aromatic carbocycles. The molecule has 1 heteroatoms. The van der Waals surface area contributed by atoms with E-state index >= 15 is 0 Å². The molecule has 8 rings (SSSR count). The highest BCUT2D eigenvalue weighted by atomic mass is 15.1. The van der Waals surface area contributed by atoms with Gasteiger partial charge in [-0.1, -0.05) is 176 Å². The van der Waals surface area contributed by atoms with Gasteiger partial charge < -0.3 is 4.90 Å². The molecule has 49 heavy (non-hydrogen) atoms. The molecule has 232 valence electrons. The summed E-state index contributed by atoms with van der Waals surface area (Å²) in [5, 5.41) is 0. The Bertz CT molecular complexity index is 2290. The van der Waals surface area contributed by atoms with Crippen molar-refractivity contribution in [2.45, 2.75) is 0 Å². The Labute approximate surface area is 289 Å². The first-order chi connectivity index (χ1) is 24.3. The second-order valence-electron chi connectivity index (χ2n) is 12.1. The summed E-state index contributed by atoms with van der Waals surface area (Å²) in [7, 11) is 0. The first-order valence-electron chi connectivity index (χ1n) is 16.8. The molecule has 0 fully saturated rings. The zero-order valence-electron chi connectivity index (χ0n) is 27.2. The lowest BCUT2D eigenvalue weighted by Gasteiger charge is -2.30. The zero-order chi connectivity index (χ0) is 32.8. The Kier molecular flexibility index (Phi) is 8.39. The van der Waals surface area contributed by atoms with E-state index in [0.717, 1.165) is 17.1 Å². The van der Waals surface area contributed by atoms with Crippen LogP contribution < -0.4 is 4.90 Å². The summed E-state index contributed by atoms with van der Waals surface area (Å²) in [6.45, 7) is 0. The number of para-hydroxylation sites is 1. The molecule has 0 heterocycles. The fourth-order valence-corrected chi connectivity index (χ4v) is 6.75. The van der Waals surface area contributed by atoms with Gasteiger partial charge in [0, 0.05) is 16.9 Å². The Morgan fingerprint density at radius 2 is 0.653 bits per heavy atom. The van der Waals surface area contributed by atoms with Crippen molar-refractivity contribution in [2.75, 3.05) is 4.90 Å². The van der Waals surface area contributed by atoms with Crippen LogP contribution in [0.15, 0.2) is 212 Å². The van der Waals surface area contributed by atoms with Gasteiger partial charge in [0.25, 0.3) is 0 Å². The minimum absolute atomic E-state index is 1.10. The van der Waals surface area contributed by atoms with Gasteiger partial charge >= 0.3 is 0 Å². The van der Waals surface area contributed by atoms with Crippen LogP contribution in [0.5, 0.6) is 0 Å². The van der Waals surface area contributed by atoms with Gasteiger partial charge in [-0.05, 0) is 86.5 Å². The Hall–Kier alpha value is -6.44. The molecule has 0 saturated carbocycles. The van der Waals surface area contributed by atoms with Crippen LogP contribution >= 0.6 is 0 Å². The molecule has 0 amide bonds. The van der Waals surface area contributed by atoms with E-state index in [1.54, 1.807) is 0 Å². The molecule has 0 spiro atoms. The van der Waals surface area contributed by atoms with Gasteiger partial charge in [-0.3, -0.25) is 0 Å². The fraction of sp³-hybridized carbons (Fsp3) is 0. The summed E-state index contributed by atoms with van der Waals surface area (Å²) in [5.74, 6) is 0. The maximum absolute atomic E-state index is 2.40. The normalized spacial score (nSPS) is 10.9. The lowest BCUT2D eigenvalue weighted by Crippen LogP contribution is -2.12. The maximum Gasteiger partial charge on any atom is 0.0546 e. The quantitative estimate of drug-likeness (QED) is 0.162. The summed E-state index contributed by atoms with van der Waals surface area (Å²) in [4.78, 5) is 2.40. The van der Waals surface area contributed by atoms with E-state index in [-0.39, 0.29) is 0 Å². The van der Waals surface area contributed by atoms with Crippen molar-refractivity contribution in [1.82, 2.24) is 0 Å². The molecule has 0 bridgehead atoms. The van der Waals surface area contributed by atoms with Crippen LogP contribution in [-0.2, 0) is 0 Å². The van der Waals surface area contributed by atoms with Gasteiger partial charge in [-0.2, -0.15) is 0 Å². The third kappa shape index (κ3) is 6.18. The minimum atomic E-state index is 1.10. The summed E-state index contributed by atoms with van der Waals surface area (Å²) in [6.07, 6.45) is 0. The van der Waals surface area contributed by atoms with Crippen LogP contribution in [0.1, 0.15) is 0 Å². The van der Waals surface area contributed by atoms with Crippen molar-refractivity contribution in [3.63, 3.8) is 0 Å². The molecule has 0 aromatic heterocycles. The average Bonchev–Trinajstić information content (AvgIpc) is 3.20. The van der Waals surface area contributed by atoms with Crippen molar-refractivity contribution in [1.29, 1.82) is 0 Å². The van der Waals surface area contributed by atoms with E-state index in [0.29, 0.717) is 0 Å². The van der Waals surface area contributed by atoms with Gasteiger partial charge in [0.15, 0.2) is 0 Å². The van der Waals surface area contributed by atoms with Crippen LogP contribution in [-0.4, -0.2) is 0 Å². The Morgan fingerprint density at radius 1 is 0.245 bits per heavy atom. The van der Waals surface area contributed by atoms with Gasteiger partial charge in [0.1, 0.15) is 0 Å². The summed E-state index contributed by atoms with van der Waals surface area (Å²) in [6, 6.07) is 76.0. The second-order valence-corrected chi connectivity index (χ2v) is 12.1. The highest BCUT2D eigenvalue weighted by Crippen LogP contribution is 2.48. The number of anilines is 3. The number of hydrogen-bond acceptors (Lipinski definition) is 1. The van der Waals surface area contributed by atoms with Crippen molar-refractivity contribution in [3.8, 4) is 55.6 Å². The van der Waals surface area contributed by atoms with E-state index < -0.39 is 0 Å². The van der Waals surface area contributed by atoms with E-state index in [9.17, 15) is 0 Å². The smallest absolute Gasteiger partial charge is 0.0546 e. The monoisotopic (exact) mass is 625 g/mol. The van der Waals surface area contributed by atoms with Crippen molar-refractivity contribution in [3.05, 3.63) is 212 Å². The minimum Gasteiger partial charge on any atom is -0.310 e. The third-order valence-electron chi connectivity index (χ3n) is 9.09. The van der Waals surface area contributed by atoms with Crippen molar-refractivity contribution >= 4 is 17.1 Å². The van der Waals surface area contributed by atoms with E-state index in [2.05, 4.69) is 217 Å². The fourth-order valence-electron chi connectivity index (χ4n) is 6.75. The largest absolute Gasteiger partial charge is 0.310 e. The topological polar surface area (TPSA) is 3.24 Å². The molecule has 1 nitrogen and oxygen atoms in total. The SMILES string of the molecule is c1ccc(-c2cccc(-c3ccc(N(c4ccccc4)c4cccc(-c5ccccc5)c4-c4ccccc4-c4ccccc4)cc3)c2)cc1. The number of benzene rings is 8. The lowest BCUT2D eigenvalue weighted by atomic mass is 9.87. The number of nitrogens with zero attached hydrogens (tertiary/aromatic N) is 1. The second kappa shape index (κ2) is 13.7. The molecule has 8 aromatic rings. The highest BCUT2D eigenvalue weighted by Gasteiger charge is 2.22. The average molecular weight is 626 g/mol. The van der Waals surface area contributed by atoms with Crippen molar-refractivity contribution < 1.29 is 0 Å². The van der Waals surface area contributed by atoms with Gasteiger partial charge in [0.2, 0.25) is 0 Å². The van der Waals surface area contributed by atoms with Crippen LogP contribution in [0.2, 0.25) is 0 Å². The van der Waals surface area contributed by atoms with Crippen LogP contribution in [0, 0.1) is 0 Å². The predicted octanol–water partition coefficient (Wildman–Crippen LogP) is 13.5. The highest BCUT2D eigenvalue weighted by molar-refractivity contribution is 6.01. The molecule has 0 aliphatic heterocycles. The molecule has 0 aliphatic carbocycles. The molecular formula is C48H35N. The summed E-state index contributed by atoms with van der Waals surface area (Å²) < 4.78 is 0. The van der Waals surface area contributed by atoms with Crippen molar-refractivity contribution in [2.24, 2.45) is 0 Å².